The summed E-state index contributed by atoms with van der Waals surface area (Å²) in [7, 11) is 1.45. The molecule has 3 atom stereocenters. The maximum absolute atomic E-state index is 13.3. The molecule has 0 unspecified atom stereocenters. The number of anilines is 1. The molecule has 1 aromatic carbocycles. The van der Waals surface area contributed by atoms with Crippen LogP contribution in [0.1, 0.15) is 30.9 Å². The summed E-state index contributed by atoms with van der Waals surface area (Å²) < 4.78 is 39.4. The summed E-state index contributed by atoms with van der Waals surface area (Å²) in [6.45, 7) is 7.08. The monoisotopic (exact) mass is 508 g/mol. The first-order valence-corrected chi connectivity index (χ1v) is 13.1. The van der Waals surface area contributed by atoms with Crippen LogP contribution in [0, 0.1) is 19.8 Å². The predicted molar refractivity (Wildman–Crippen MR) is 132 cm³/mol. The van der Waals surface area contributed by atoms with Crippen molar-refractivity contribution in [3.8, 4) is 5.75 Å². The number of hydrogen-bond acceptors (Lipinski definition) is 8. The zero-order chi connectivity index (χ0) is 26.1. The topological polar surface area (TPSA) is 116 Å². The molecule has 35 heavy (non-hydrogen) atoms. The van der Waals surface area contributed by atoms with E-state index in [4.69, 9.17) is 9.26 Å². The van der Waals surface area contributed by atoms with Crippen molar-refractivity contribution in [1.82, 2.24) is 14.4 Å². The molecule has 0 saturated heterocycles. The Morgan fingerprint density at radius 2 is 1.94 bits per heavy atom. The van der Waals surface area contributed by atoms with Gasteiger partial charge in [-0.25, -0.2) is 8.42 Å². The van der Waals surface area contributed by atoms with Crippen LogP contribution in [0.3, 0.4) is 0 Å². The van der Waals surface area contributed by atoms with Crippen LogP contribution in [0.2, 0.25) is 0 Å². The maximum Gasteiger partial charge on any atom is 0.248 e. The zero-order valence-corrected chi connectivity index (χ0v) is 22.3. The van der Waals surface area contributed by atoms with E-state index in [1.807, 2.05) is 44.1 Å². The van der Waals surface area contributed by atoms with Crippen molar-refractivity contribution in [3.05, 3.63) is 35.2 Å². The number of carbonyl (C=O) groups is 1. The van der Waals surface area contributed by atoms with E-state index in [-0.39, 0.29) is 48.1 Å². The van der Waals surface area contributed by atoms with Crippen LogP contribution in [0.15, 0.2) is 27.6 Å². The molecule has 1 aliphatic rings. The highest BCUT2D eigenvalue weighted by Gasteiger charge is 2.35. The fraction of sp³-hybridized carbons (Fsp3) is 0.583. The lowest BCUT2D eigenvalue weighted by Gasteiger charge is -2.33. The SMILES string of the molecule is Cc1noc(C)c1S(=O)(=O)N(C)C[C@@H]1Oc2ccc(N(C)C)cc2CC(=O)N([C@H](C)CO)C[C@@H]1C. The maximum atomic E-state index is 13.3. The Kier molecular flexibility index (Phi) is 8.13. The minimum Gasteiger partial charge on any atom is -0.488 e. The average Bonchev–Trinajstić information content (AvgIpc) is 3.16. The number of rotatable bonds is 7. The lowest BCUT2D eigenvalue weighted by molar-refractivity contribution is -0.134. The number of amides is 1. The van der Waals surface area contributed by atoms with Crippen LogP contribution in [-0.2, 0) is 21.2 Å². The number of likely N-dealkylation sites (N-methyl/N-ethyl adjacent to an activating group) is 1. The van der Waals surface area contributed by atoms with Crippen LogP contribution in [0.5, 0.6) is 5.75 Å². The number of benzene rings is 1. The summed E-state index contributed by atoms with van der Waals surface area (Å²) in [6.07, 6.45) is -0.438. The largest absolute Gasteiger partial charge is 0.488 e. The second kappa shape index (κ2) is 10.5. The van der Waals surface area contributed by atoms with E-state index in [1.54, 1.807) is 25.7 Å². The molecule has 0 bridgehead atoms. The molecule has 0 fully saturated rings. The number of aryl methyl sites for hydroxylation is 2. The highest BCUT2D eigenvalue weighted by atomic mass is 32.2. The Labute approximate surface area is 207 Å². The van der Waals surface area contributed by atoms with Crippen molar-refractivity contribution in [2.24, 2.45) is 5.92 Å². The standard InChI is InChI=1S/C24H36N4O6S/c1-15-12-28(16(2)14-29)23(30)11-19-10-20(26(5)6)8-9-21(19)33-22(15)13-27(7)35(31,32)24-17(3)25-34-18(24)4/h8-10,15-16,22,29H,11-14H2,1-7H3/t15-,16+,22-/m0/s1. The van der Waals surface area contributed by atoms with E-state index in [2.05, 4.69) is 5.16 Å². The molecule has 1 aliphatic heterocycles. The van der Waals surface area contributed by atoms with Gasteiger partial charge in [0.25, 0.3) is 0 Å². The molecular weight excluding hydrogens is 472 g/mol. The molecule has 1 N–H and O–H groups in total. The average molecular weight is 509 g/mol. The summed E-state index contributed by atoms with van der Waals surface area (Å²) in [5.74, 6) is 0.432. The summed E-state index contributed by atoms with van der Waals surface area (Å²) in [6, 6.07) is 5.26. The minimum atomic E-state index is -3.88. The van der Waals surface area contributed by atoms with Gasteiger partial charge in [0.05, 0.1) is 25.6 Å². The molecule has 11 heteroatoms. The normalized spacial score (nSPS) is 20.0. The molecule has 0 aliphatic carbocycles. The van der Waals surface area contributed by atoms with Gasteiger partial charge in [0.2, 0.25) is 15.9 Å². The summed E-state index contributed by atoms with van der Waals surface area (Å²) >= 11 is 0. The van der Waals surface area contributed by atoms with Gasteiger partial charge >= 0.3 is 0 Å². The van der Waals surface area contributed by atoms with Crippen LogP contribution in [0.4, 0.5) is 5.69 Å². The zero-order valence-electron chi connectivity index (χ0n) is 21.5. The molecule has 1 amide bonds. The third-order valence-corrected chi connectivity index (χ3v) is 8.56. The lowest BCUT2D eigenvalue weighted by Crippen LogP contribution is -2.48. The number of nitrogens with zero attached hydrogens (tertiary/aromatic N) is 4. The number of hydrogen-bond donors (Lipinski definition) is 1. The lowest BCUT2D eigenvalue weighted by atomic mass is 10.0. The molecule has 1 aromatic heterocycles. The fourth-order valence-corrected chi connectivity index (χ4v) is 5.73. The quantitative estimate of drug-likeness (QED) is 0.602. The molecular formula is C24H36N4O6S. The van der Waals surface area contributed by atoms with Crippen LogP contribution in [0.25, 0.3) is 0 Å². The van der Waals surface area contributed by atoms with Gasteiger partial charge in [-0.2, -0.15) is 4.31 Å². The van der Waals surface area contributed by atoms with Gasteiger partial charge in [-0.05, 0) is 39.0 Å². The number of aromatic nitrogens is 1. The Bertz CT molecular complexity index is 1140. The van der Waals surface area contributed by atoms with Crippen molar-refractivity contribution in [3.63, 3.8) is 0 Å². The van der Waals surface area contributed by atoms with Crippen LogP contribution in [-0.4, -0.2) is 86.8 Å². The summed E-state index contributed by atoms with van der Waals surface area (Å²) in [5, 5.41) is 13.6. The molecule has 194 valence electrons. The van der Waals surface area contributed by atoms with Gasteiger partial charge in [-0.1, -0.05) is 12.1 Å². The molecule has 10 nitrogen and oxygen atoms in total. The first kappa shape index (κ1) is 27.0. The van der Waals surface area contributed by atoms with Crippen molar-refractivity contribution in [2.45, 2.75) is 51.2 Å². The highest BCUT2D eigenvalue weighted by molar-refractivity contribution is 7.89. The van der Waals surface area contributed by atoms with Crippen molar-refractivity contribution >= 4 is 21.6 Å². The van der Waals surface area contributed by atoms with Gasteiger partial charge < -0.3 is 24.2 Å². The number of carbonyl (C=O) groups excluding carboxylic acids is 1. The smallest absolute Gasteiger partial charge is 0.248 e. The third-order valence-electron chi connectivity index (χ3n) is 6.49. The van der Waals surface area contributed by atoms with Crippen molar-refractivity contribution in [2.75, 3.05) is 45.7 Å². The molecule has 3 rings (SSSR count). The Balaban J connectivity index is 2.00. The predicted octanol–water partition coefficient (Wildman–Crippen LogP) is 1.83. The first-order chi connectivity index (χ1) is 16.4. The number of fused-ring (bicyclic) bond motifs is 1. The third kappa shape index (κ3) is 5.62. The molecule has 2 heterocycles. The second-order valence-corrected chi connectivity index (χ2v) is 11.5. The first-order valence-electron chi connectivity index (χ1n) is 11.6. The fourth-order valence-electron chi connectivity index (χ4n) is 4.26. The van der Waals surface area contributed by atoms with E-state index in [1.165, 1.54) is 11.4 Å². The van der Waals surface area contributed by atoms with E-state index in [9.17, 15) is 18.3 Å². The highest BCUT2D eigenvalue weighted by Crippen LogP contribution is 2.31. The van der Waals surface area contributed by atoms with E-state index >= 15 is 0 Å². The van der Waals surface area contributed by atoms with Gasteiger partial charge in [0, 0.05) is 44.9 Å². The Hall–Kier alpha value is -2.63. The van der Waals surface area contributed by atoms with E-state index in [0.29, 0.717) is 23.6 Å². The van der Waals surface area contributed by atoms with Crippen molar-refractivity contribution < 1.29 is 27.6 Å². The number of sulfonamides is 1. The Morgan fingerprint density at radius 1 is 1.26 bits per heavy atom. The molecule has 0 saturated carbocycles. The second-order valence-electron chi connectivity index (χ2n) is 9.51. The van der Waals surface area contributed by atoms with Crippen LogP contribution >= 0.6 is 0 Å². The number of aliphatic hydroxyl groups excluding tert-OH is 1. The molecule has 2 aromatic rings. The summed E-state index contributed by atoms with van der Waals surface area (Å²) in [4.78, 5) is 16.9. The van der Waals surface area contributed by atoms with E-state index in [0.717, 1.165) is 5.69 Å². The number of aliphatic hydroxyl groups is 1. The van der Waals surface area contributed by atoms with Gasteiger partial charge in [-0.3, -0.25) is 4.79 Å². The van der Waals surface area contributed by atoms with Crippen molar-refractivity contribution in [1.29, 1.82) is 0 Å². The minimum absolute atomic E-state index is 0.0532. The van der Waals surface area contributed by atoms with Gasteiger partial charge in [0.15, 0.2) is 5.76 Å². The van der Waals surface area contributed by atoms with E-state index < -0.39 is 16.1 Å². The molecule has 0 radical (unpaired) electrons. The van der Waals surface area contributed by atoms with Gasteiger partial charge in [-0.15, -0.1) is 0 Å². The Morgan fingerprint density at radius 3 is 2.51 bits per heavy atom. The summed E-state index contributed by atoms with van der Waals surface area (Å²) in [5.41, 5.74) is 1.93. The van der Waals surface area contributed by atoms with Crippen LogP contribution < -0.4 is 9.64 Å². The molecule has 0 spiro atoms. The number of ether oxygens (including phenoxy) is 1. The van der Waals surface area contributed by atoms with Gasteiger partial charge in [0.1, 0.15) is 22.4 Å².